The van der Waals surface area contributed by atoms with Gasteiger partial charge in [-0.3, -0.25) is 4.79 Å². The SMILES string of the molecule is O=C(COC(=O)c1nccc2ccccc12)Nc1ccc2c(c1)OCCO2. The highest BCUT2D eigenvalue weighted by molar-refractivity contribution is 6.03. The van der Waals surface area contributed by atoms with Crippen LogP contribution in [0, 0.1) is 0 Å². The number of anilines is 1. The van der Waals surface area contributed by atoms with E-state index in [0.29, 0.717) is 35.8 Å². The summed E-state index contributed by atoms with van der Waals surface area (Å²) in [7, 11) is 0. The first-order valence-corrected chi connectivity index (χ1v) is 8.41. The van der Waals surface area contributed by atoms with Gasteiger partial charge in [0, 0.05) is 23.3 Å². The maximum atomic E-state index is 12.3. The van der Waals surface area contributed by atoms with Crippen molar-refractivity contribution in [2.45, 2.75) is 0 Å². The Labute approximate surface area is 154 Å². The van der Waals surface area contributed by atoms with Gasteiger partial charge in [0.2, 0.25) is 0 Å². The summed E-state index contributed by atoms with van der Waals surface area (Å²) in [6.07, 6.45) is 1.54. The van der Waals surface area contributed by atoms with Crippen LogP contribution in [0.4, 0.5) is 5.69 Å². The first-order valence-electron chi connectivity index (χ1n) is 8.41. The van der Waals surface area contributed by atoms with Crippen molar-refractivity contribution in [2.75, 3.05) is 25.1 Å². The van der Waals surface area contributed by atoms with Gasteiger partial charge in [0.05, 0.1) is 0 Å². The van der Waals surface area contributed by atoms with E-state index in [9.17, 15) is 9.59 Å². The number of nitrogens with one attached hydrogen (secondary N) is 1. The zero-order valence-corrected chi connectivity index (χ0v) is 14.3. The molecule has 27 heavy (non-hydrogen) atoms. The number of carbonyl (C=O) groups excluding carboxylic acids is 2. The smallest absolute Gasteiger partial charge is 0.358 e. The van der Waals surface area contributed by atoms with Crippen molar-refractivity contribution < 1.29 is 23.8 Å². The summed E-state index contributed by atoms with van der Waals surface area (Å²) >= 11 is 0. The number of carbonyl (C=O) groups is 2. The van der Waals surface area contributed by atoms with Gasteiger partial charge in [-0.2, -0.15) is 0 Å². The lowest BCUT2D eigenvalue weighted by atomic mass is 10.1. The zero-order chi connectivity index (χ0) is 18.6. The predicted octanol–water partition coefficient (Wildman–Crippen LogP) is 2.80. The first-order chi connectivity index (χ1) is 13.2. The summed E-state index contributed by atoms with van der Waals surface area (Å²) in [6.45, 7) is 0.537. The minimum atomic E-state index is -0.649. The average molecular weight is 364 g/mol. The van der Waals surface area contributed by atoms with E-state index in [0.717, 1.165) is 5.39 Å². The van der Waals surface area contributed by atoms with Gasteiger partial charge in [0.15, 0.2) is 23.8 Å². The van der Waals surface area contributed by atoms with E-state index in [1.807, 2.05) is 18.2 Å². The van der Waals surface area contributed by atoms with Crippen LogP contribution >= 0.6 is 0 Å². The van der Waals surface area contributed by atoms with E-state index in [1.165, 1.54) is 6.20 Å². The van der Waals surface area contributed by atoms with Crippen molar-refractivity contribution >= 4 is 28.3 Å². The standard InChI is InChI=1S/C20H16N2O5/c23-18(22-14-5-6-16-17(11-14)26-10-9-25-16)12-27-20(24)19-15-4-2-1-3-13(15)7-8-21-19/h1-8,11H,9-10,12H2,(H,22,23). The fourth-order valence-corrected chi connectivity index (χ4v) is 2.80. The average Bonchev–Trinajstić information content (AvgIpc) is 2.71. The molecule has 2 aromatic carbocycles. The number of amides is 1. The summed E-state index contributed by atoms with van der Waals surface area (Å²) in [5.74, 6) is 0.0908. The van der Waals surface area contributed by atoms with Crippen molar-refractivity contribution in [3.63, 3.8) is 0 Å². The molecule has 3 aromatic rings. The van der Waals surface area contributed by atoms with Crippen molar-refractivity contribution in [3.05, 3.63) is 60.4 Å². The van der Waals surface area contributed by atoms with Gasteiger partial charge >= 0.3 is 5.97 Å². The van der Waals surface area contributed by atoms with Gasteiger partial charge in [-0.25, -0.2) is 9.78 Å². The number of hydrogen-bond acceptors (Lipinski definition) is 6. The van der Waals surface area contributed by atoms with Gasteiger partial charge in [0.25, 0.3) is 5.91 Å². The molecule has 0 saturated heterocycles. The Morgan fingerprint density at radius 2 is 1.85 bits per heavy atom. The topological polar surface area (TPSA) is 86.8 Å². The second-order valence-corrected chi connectivity index (χ2v) is 5.86. The highest BCUT2D eigenvalue weighted by Crippen LogP contribution is 2.32. The third kappa shape index (κ3) is 3.67. The number of benzene rings is 2. The molecule has 2 heterocycles. The molecule has 0 saturated carbocycles. The molecule has 0 bridgehead atoms. The van der Waals surface area contributed by atoms with Crippen LogP contribution in [0.25, 0.3) is 10.8 Å². The quantitative estimate of drug-likeness (QED) is 0.717. The fraction of sp³-hybridized carbons (Fsp3) is 0.150. The van der Waals surface area contributed by atoms with E-state index < -0.39 is 18.5 Å². The molecule has 7 nitrogen and oxygen atoms in total. The third-order valence-electron chi connectivity index (χ3n) is 4.03. The van der Waals surface area contributed by atoms with E-state index >= 15 is 0 Å². The number of rotatable bonds is 4. The number of fused-ring (bicyclic) bond motifs is 2. The Balaban J connectivity index is 1.39. The molecular weight excluding hydrogens is 348 g/mol. The second kappa shape index (κ2) is 7.33. The molecule has 1 aliphatic rings. The van der Waals surface area contributed by atoms with Crippen molar-refractivity contribution in [1.29, 1.82) is 0 Å². The molecule has 0 aliphatic carbocycles. The largest absolute Gasteiger partial charge is 0.486 e. The summed E-state index contributed by atoms with van der Waals surface area (Å²) in [5.41, 5.74) is 0.712. The monoisotopic (exact) mass is 364 g/mol. The summed E-state index contributed by atoms with van der Waals surface area (Å²) < 4.78 is 16.0. The first kappa shape index (κ1) is 16.8. The number of pyridine rings is 1. The molecule has 1 N–H and O–H groups in total. The summed E-state index contributed by atoms with van der Waals surface area (Å²) in [6, 6.07) is 14.2. The summed E-state index contributed by atoms with van der Waals surface area (Å²) in [5, 5.41) is 4.22. The summed E-state index contributed by atoms with van der Waals surface area (Å²) in [4.78, 5) is 28.5. The maximum Gasteiger partial charge on any atom is 0.358 e. The molecule has 0 atom stereocenters. The number of nitrogens with zero attached hydrogens (tertiary/aromatic N) is 1. The maximum absolute atomic E-state index is 12.3. The van der Waals surface area contributed by atoms with Crippen LogP contribution < -0.4 is 14.8 Å². The second-order valence-electron chi connectivity index (χ2n) is 5.86. The van der Waals surface area contributed by atoms with Gasteiger partial charge < -0.3 is 19.5 Å². The minimum absolute atomic E-state index is 0.181. The molecule has 136 valence electrons. The van der Waals surface area contributed by atoms with Gasteiger partial charge in [-0.05, 0) is 23.6 Å². The molecule has 0 spiro atoms. The Morgan fingerprint density at radius 3 is 2.74 bits per heavy atom. The lowest BCUT2D eigenvalue weighted by Gasteiger charge is -2.19. The molecule has 4 rings (SSSR count). The van der Waals surface area contributed by atoms with Crippen LogP contribution in [-0.4, -0.2) is 36.7 Å². The zero-order valence-electron chi connectivity index (χ0n) is 14.3. The molecule has 1 amide bonds. The van der Waals surface area contributed by atoms with Gasteiger partial charge in [-0.1, -0.05) is 24.3 Å². The highest BCUT2D eigenvalue weighted by atomic mass is 16.6. The van der Waals surface area contributed by atoms with Crippen LogP contribution in [0.1, 0.15) is 10.5 Å². The number of hydrogen-bond donors (Lipinski definition) is 1. The van der Waals surface area contributed by atoms with Crippen molar-refractivity contribution in [3.8, 4) is 11.5 Å². The van der Waals surface area contributed by atoms with Crippen molar-refractivity contribution in [1.82, 2.24) is 4.98 Å². The minimum Gasteiger partial charge on any atom is -0.486 e. The van der Waals surface area contributed by atoms with E-state index in [4.69, 9.17) is 14.2 Å². The molecule has 0 unspecified atom stereocenters. The number of aromatic nitrogens is 1. The molecule has 0 radical (unpaired) electrons. The predicted molar refractivity (Wildman–Crippen MR) is 98.1 cm³/mol. The molecular formula is C20H16N2O5. The van der Waals surface area contributed by atoms with Crippen LogP contribution in [0.15, 0.2) is 54.7 Å². The Morgan fingerprint density at radius 1 is 1.04 bits per heavy atom. The highest BCUT2D eigenvalue weighted by Gasteiger charge is 2.16. The fourth-order valence-electron chi connectivity index (χ4n) is 2.80. The Hall–Kier alpha value is -3.61. The number of ether oxygens (including phenoxy) is 3. The van der Waals surface area contributed by atoms with E-state index in [-0.39, 0.29) is 5.69 Å². The van der Waals surface area contributed by atoms with Crippen molar-refractivity contribution in [2.24, 2.45) is 0 Å². The molecule has 0 fully saturated rings. The van der Waals surface area contributed by atoms with Gasteiger partial charge in [-0.15, -0.1) is 0 Å². The van der Waals surface area contributed by atoms with E-state index in [1.54, 1.807) is 30.3 Å². The van der Waals surface area contributed by atoms with Crippen LogP contribution in [0.3, 0.4) is 0 Å². The Bertz CT molecular complexity index is 1010. The van der Waals surface area contributed by atoms with E-state index in [2.05, 4.69) is 10.3 Å². The molecule has 1 aromatic heterocycles. The van der Waals surface area contributed by atoms with Crippen LogP contribution in [-0.2, 0) is 9.53 Å². The van der Waals surface area contributed by atoms with Gasteiger partial charge in [0.1, 0.15) is 13.2 Å². The van der Waals surface area contributed by atoms with Crippen LogP contribution in [0.2, 0.25) is 0 Å². The normalized spacial score (nSPS) is 12.4. The molecule has 1 aliphatic heterocycles. The third-order valence-corrected chi connectivity index (χ3v) is 4.03. The molecule has 7 heteroatoms. The Kier molecular flexibility index (Phi) is 4.57. The lowest BCUT2D eigenvalue weighted by Crippen LogP contribution is -2.22. The lowest BCUT2D eigenvalue weighted by molar-refractivity contribution is -0.119. The number of esters is 1. The van der Waals surface area contributed by atoms with Crippen LogP contribution in [0.5, 0.6) is 11.5 Å².